The number of hydrogen-bond acceptors (Lipinski definition) is 5. The van der Waals surface area contributed by atoms with Gasteiger partial charge in [-0.05, 0) is 66.5 Å². The smallest absolute Gasteiger partial charge is 0.226 e. The molecule has 1 atom stereocenters. The standard InChI is InChI=1S/C30H44N4OS/c1-23(22-32-18-20-33(21-19-32)27-10-6-24(7-11-27)30(2,3)4)29(35)34-16-14-26(15-17-34)31-25-8-12-28(36-5)13-9-25/h6-13,23,26,31H,14-22H2,1-5H3. The molecule has 6 heteroatoms. The van der Waals surface area contributed by atoms with Crippen molar-refractivity contribution in [2.24, 2.45) is 5.92 Å². The zero-order valence-electron chi connectivity index (χ0n) is 22.8. The van der Waals surface area contributed by atoms with Crippen LogP contribution in [0.5, 0.6) is 0 Å². The van der Waals surface area contributed by atoms with Crippen LogP contribution in [0.25, 0.3) is 0 Å². The van der Waals surface area contributed by atoms with Gasteiger partial charge in [-0.1, -0.05) is 39.8 Å². The second-order valence-electron chi connectivity index (χ2n) is 11.5. The first-order chi connectivity index (χ1) is 17.2. The Kier molecular flexibility index (Phi) is 8.89. The monoisotopic (exact) mass is 508 g/mol. The maximum Gasteiger partial charge on any atom is 0.226 e. The molecule has 196 valence electrons. The van der Waals surface area contributed by atoms with E-state index in [-0.39, 0.29) is 11.3 Å². The third-order valence-electron chi connectivity index (χ3n) is 7.69. The van der Waals surface area contributed by atoms with Crippen LogP contribution in [0.2, 0.25) is 0 Å². The molecule has 0 radical (unpaired) electrons. The van der Waals surface area contributed by atoms with Gasteiger partial charge in [0.1, 0.15) is 0 Å². The normalized spacial score (nSPS) is 18.8. The predicted octanol–water partition coefficient (Wildman–Crippen LogP) is 5.57. The summed E-state index contributed by atoms with van der Waals surface area (Å²) in [6.07, 6.45) is 4.12. The molecule has 2 saturated heterocycles. The number of benzene rings is 2. The molecule has 2 aliphatic heterocycles. The zero-order valence-corrected chi connectivity index (χ0v) is 23.6. The fourth-order valence-electron chi connectivity index (χ4n) is 5.31. The van der Waals surface area contributed by atoms with Crippen LogP contribution in [0.1, 0.15) is 46.1 Å². The molecular weight excluding hydrogens is 464 g/mol. The van der Waals surface area contributed by atoms with Crippen LogP contribution in [0.15, 0.2) is 53.4 Å². The highest BCUT2D eigenvalue weighted by Gasteiger charge is 2.28. The van der Waals surface area contributed by atoms with E-state index >= 15 is 0 Å². The fourth-order valence-corrected chi connectivity index (χ4v) is 5.71. The fraction of sp³-hybridized carbons (Fsp3) is 0.567. The minimum atomic E-state index is 0.0474. The lowest BCUT2D eigenvalue weighted by molar-refractivity contribution is -0.136. The van der Waals surface area contributed by atoms with Gasteiger partial charge in [0.25, 0.3) is 0 Å². The average molecular weight is 509 g/mol. The van der Waals surface area contributed by atoms with E-state index in [1.807, 2.05) is 0 Å². The van der Waals surface area contributed by atoms with Crippen molar-refractivity contribution < 1.29 is 4.79 Å². The number of piperidine rings is 1. The van der Waals surface area contributed by atoms with Gasteiger partial charge in [0.2, 0.25) is 5.91 Å². The van der Waals surface area contributed by atoms with Crippen LogP contribution < -0.4 is 10.2 Å². The van der Waals surface area contributed by atoms with Crippen LogP contribution in [0, 0.1) is 5.92 Å². The summed E-state index contributed by atoms with van der Waals surface area (Å²) < 4.78 is 0. The molecule has 1 unspecified atom stereocenters. The van der Waals surface area contributed by atoms with Crippen molar-refractivity contribution in [3.8, 4) is 0 Å². The van der Waals surface area contributed by atoms with Crippen molar-refractivity contribution >= 4 is 29.0 Å². The SMILES string of the molecule is CSc1ccc(NC2CCN(C(=O)C(C)CN3CCN(c4ccc(C(C)(C)C)cc4)CC3)CC2)cc1. The number of carbonyl (C=O) groups excluding carboxylic acids is 1. The van der Waals surface area contributed by atoms with Crippen LogP contribution >= 0.6 is 11.8 Å². The van der Waals surface area contributed by atoms with Crippen molar-refractivity contribution in [1.82, 2.24) is 9.80 Å². The van der Waals surface area contributed by atoms with Crippen LogP contribution in [-0.2, 0) is 10.2 Å². The molecular formula is C30H44N4OS. The third-order valence-corrected chi connectivity index (χ3v) is 8.44. The van der Waals surface area contributed by atoms with E-state index in [1.54, 1.807) is 11.8 Å². The van der Waals surface area contributed by atoms with E-state index < -0.39 is 0 Å². The first-order valence-corrected chi connectivity index (χ1v) is 14.7. The third kappa shape index (κ3) is 6.98. The molecule has 0 bridgehead atoms. The van der Waals surface area contributed by atoms with Gasteiger partial charge < -0.3 is 15.1 Å². The van der Waals surface area contributed by atoms with E-state index in [0.29, 0.717) is 11.9 Å². The Bertz CT molecular complexity index is 970. The predicted molar refractivity (Wildman–Crippen MR) is 154 cm³/mol. The largest absolute Gasteiger partial charge is 0.382 e. The van der Waals surface area contributed by atoms with Crippen LogP contribution in [-0.4, -0.2) is 73.8 Å². The highest BCUT2D eigenvalue weighted by atomic mass is 32.2. The number of likely N-dealkylation sites (tertiary alicyclic amines) is 1. The Labute approximate surface area is 222 Å². The Morgan fingerprint density at radius 3 is 2.11 bits per heavy atom. The molecule has 2 aromatic rings. The minimum absolute atomic E-state index is 0.0474. The lowest BCUT2D eigenvalue weighted by Gasteiger charge is -2.38. The number of rotatable bonds is 7. The second kappa shape index (κ2) is 11.9. The average Bonchev–Trinajstić information content (AvgIpc) is 2.89. The lowest BCUT2D eigenvalue weighted by Crippen LogP contribution is -2.50. The number of anilines is 2. The van der Waals surface area contributed by atoms with E-state index in [9.17, 15) is 4.79 Å². The molecule has 2 heterocycles. The topological polar surface area (TPSA) is 38.8 Å². The Morgan fingerprint density at radius 1 is 0.944 bits per heavy atom. The van der Waals surface area contributed by atoms with E-state index in [4.69, 9.17) is 0 Å². The zero-order chi connectivity index (χ0) is 25.7. The number of carbonyl (C=O) groups is 1. The van der Waals surface area contributed by atoms with Crippen LogP contribution in [0.4, 0.5) is 11.4 Å². The molecule has 0 aliphatic carbocycles. The first kappa shape index (κ1) is 26.9. The first-order valence-electron chi connectivity index (χ1n) is 13.5. The van der Waals surface area contributed by atoms with Crippen molar-refractivity contribution in [3.05, 3.63) is 54.1 Å². The lowest BCUT2D eigenvalue weighted by atomic mass is 9.87. The van der Waals surface area contributed by atoms with Gasteiger partial charge in [-0.3, -0.25) is 9.69 Å². The Morgan fingerprint density at radius 2 is 1.56 bits per heavy atom. The summed E-state index contributed by atoms with van der Waals surface area (Å²) in [5, 5.41) is 3.65. The number of nitrogens with zero attached hydrogens (tertiary/aromatic N) is 3. The van der Waals surface area contributed by atoms with Crippen molar-refractivity contribution in [3.63, 3.8) is 0 Å². The molecule has 2 aromatic carbocycles. The van der Waals surface area contributed by atoms with E-state index in [1.165, 1.54) is 21.8 Å². The number of nitrogens with one attached hydrogen (secondary N) is 1. The summed E-state index contributed by atoms with van der Waals surface area (Å²) in [5.41, 5.74) is 4.05. The summed E-state index contributed by atoms with van der Waals surface area (Å²) in [6.45, 7) is 15.5. The van der Waals surface area contributed by atoms with Gasteiger partial charge >= 0.3 is 0 Å². The molecule has 0 spiro atoms. The number of piperazine rings is 1. The summed E-state index contributed by atoms with van der Waals surface area (Å²) in [7, 11) is 0. The summed E-state index contributed by atoms with van der Waals surface area (Å²) >= 11 is 1.76. The maximum atomic E-state index is 13.2. The van der Waals surface area contributed by atoms with E-state index in [2.05, 4.69) is 102 Å². The second-order valence-corrected chi connectivity index (χ2v) is 12.3. The molecule has 0 saturated carbocycles. The van der Waals surface area contributed by atoms with Gasteiger partial charge in [-0.25, -0.2) is 0 Å². The van der Waals surface area contributed by atoms with Crippen molar-refractivity contribution in [2.75, 3.05) is 62.3 Å². The molecule has 2 aliphatic rings. The van der Waals surface area contributed by atoms with Crippen molar-refractivity contribution in [2.45, 2.75) is 56.9 Å². The molecule has 4 rings (SSSR count). The van der Waals surface area contributed by atoms with Crippen LogP contribution in [0.3, 0.4) is 0 Å². The number of hydrogen-bond donors (Lipinski definition) is 1. The summed E-state index contributed by atoms with van der Waals surface area (Å²) in [5.74, 6) is 0.365. The Balaban J connectivity index is 1.19. The summed E-state index contributed by atoms with van der Waals surface area (Å²) in [6, 6.07) is 18.1. The molecule has 5 nitrogen and oxygen atoms in total. The molecule has 1 amide bonds. The molecule has 0 aromatic heterocycles. The number of amides is 1. The quantitative estimate of drug-likeness (QED) is 0.495. The molecule has 1 N–H and O–H groups in total. The van der Waals surface area contributed by atoms with Gasteiger partial charge in [0, 0.05) is 74.0 Å². The van der Waals surface area contributed by atoms with E-state index in [0.717, 1.165) is 58.7 Å². The summed E-state index contributed by atoms with van der Waals surface area (Å²) in [4.78, 5) is 21.5. The van der Waals surface area contributed by atoms with Gasteiger partial charge in [-0.2, -0.15) is 0 Å². The Hall–Kier alpha value is -2.18. The highest BCUT2D eigenvalue weighted by Crippen LogP contribution is 2.26. The van der Waals surface area contributed by atoms with Crippen molar-refractivity contribution in [1.29, 1.82) is 0 Å². The maximum absolute atomic E-state index is 13.2. The molecule has 2 fully saturated rings. The highest BCUT2D eigenvalue weighted by molar-refractivity contribution is 7.98. The van der Waals surface area contributed by atoms with Gasteiger partial charge in [-0.15, -0.1) is 11.8 Å². The van der Waals surface area contributed by atoms with Gasteiger partial charge in [0.15, 0.2) is 0 Å². The molecule has 36 heavy (non-hydrogen) atoms. The minimum Gasteiger partial charge on any atom is -0.382 e. The number of thioether (sulfide) groups is 1. The van der Waals surface area contributed by atoms with Gasteiger partial charge in [0.05, 0.1) is 0 Å².